The van der Waals surface area contributed by atoms with E-state index in [-0.39, 0.29) is 11.8 Å². The summed E-state index contributed by atoms with van der Waals surface area (Å²) in [6.07, 6.45) is 0.300. The Balaban J connectivity index is 2.53. The smallest absolute Gasteiger partial charge is 0.251 e. The lowest BCUT2D eigenvalue weighted by atomic mass is 10.2. The molecular weight excluding hydrogens is 364 g/mol. The number of hydrogen-bond donors (Lipinski definition) is 1. The van der Waals surface area contributed by atoms with E-state index >= 15 is 0 Å². The highest BCUT2D eigenvalue weighted by Gasteiger charge is 2.09. The molecule has 98 valence electrons. The number of nitrogens with zero attached hydrogens (tertiary/aromatic N) is 1. The summed E-state index contributed by atoms with van der Waals surface area (Å²) in [6, 6.07) is 5.31. The molecule has 0 bridgehead atoms. The molecule has 1 N–H and O–H groups in total. The number of nitrogens with one attached hydrogen (secondary N) is 1. The van der Waals surface area contributed by atoms with Crippen LogP contribution in [0.1, 0.15) is 16.8 Å². The van der Waals surface area contributed by atoms with E-state index in [0.717, 1.165) is 8.95 Å². The number of halogens is 2. The second-order valence-electron chi connectivity index (χ2n) is 3.95. The lowest BCUT2D eigenvalue weighted by Gasteiger charge is -2.10. The summed E-state index contributed by atoms with van der Waals surface area (Å²) in [5, 5.41) is 2.71. The Labute approximate surface area is 123 Å². The van der Waals surface area contributed by atoms with Crippen LogP contribution in [-0.2, 0) is 4.79 Å². The molecule has 0 radical (unpaired) electrons. The van der Waals surface area contributed by atoms with Crippen LogP contribution >= 0.6 is 31.9 Å². The van der Waals surface area contributed by atoms with Crippen LogP contribution in [0.5, 0.6) is 0 Å². The maximum atomic E-state index is 11.8. The van der Waals surface area contributed by atoms with E-state index in [1.807, 2.05) is 6.07 Å². The van der Waals surface area contributed by atoms with Gasteiger partial charge in [-0.15, -0.1) is 0 Å². The molecule has 1 rings (SSSR count). The summed E-state index contributed by atoms with van der Waals surface area (Å²) in [6.45, 7) is 0.333. The molecule has 1 aromatic rings. The number of hydrogen-bond acceptors (Lipinski definition) is 2. The molecule has 0 saturated carbocycles. The lowest BCUT2D eigenvalue weighted by Crippen LogP contribution is -2.30. The summed E-state index contributed by atoms with van der Waals surface area (Å²) in [7, 11) is 3.38. The molecule has 0 aromatic heterocycles. The van der Waals surface area contributed by atoms with Gasteiger partial charge in [0.15, 0.2) is 0 Å². The van der Waals surface area contributed by atoms with E-state index < -0.39 is 0 Å². The molecule has 18 heavy (non-hydrogen) atoms. The van der Waals surface area contributed by atoms with Crippen LogP contribution in [0.15, 0.2) is 27.1 Å². The highest BCUT2D eigenvalue weighted by Crippen LogP contribution is 2.19. The van der Waals surface area contributed by atoms with E-state index in [1.54, 1.807) is 26.2 Å². The van der Waals surface area contributed by atoms with Crippen LogP contribution in [0.3, 0.4) is 0 Å². The highest BCUT2D eigenvalue weighted by molar-refractivity contribution is 9.11. The molecule has 0 heterocycles. The number of rotatable bonds is 4. The van der Waals surface area contributed by atoms with E-state index in [2.05, 4.69) is 37.2 Å². The standard InChI is InChI=1S/C12H14Br2N2O2/c1-16(2)11(17)3-4-15-12(18)8-5-9(13)7-10(14)6-8/h5-7H,3-4H2,1-2H3,(H,15,18). The Morgan fingerprint density at radius 1 is 1.17 bits per heavy atom. The molecule has 0 aliphatic heterocycles. The van der Waals surface area contributed by atoms with Crippen molar-refractivity contribution < 1.29 is 9.59 Å². The number of carbonyl (C=O) groups is 2. The molecule has 0 aliphatic carbocycles. The topological polar surface area (TPSA) is 49.4 Å². The van der Waals surface area contributed by atoms with E-state index in [9.17, 15) is 9.59 Å². The van der Waals surface area contributed by atoms with Gasteiger partial charge in [-0.3, -0.25) is 9.59 Å². The molecule has 0 saturated heterocycles. The fraction of sp³-hybridized carbons (Fsp3) is 0.333. The van der Waals surface area contributed by atoms with Gasteiger partial charge >= 0.3 is 0 Å². The minimum Gasteiger partial charge on any atom is -0.352 e. The average Bonchev–Trinajstić information content (AvgIpc) is 2.27. The first-order valence-corrected chi connectivity index (χ1v) is 6.93. The van der Waals surface area contributed by atoms with Crippen LogP contribution in [0.4, 0.5) is 0 Å². The van der Waals surface area contributed by atoms with Crippen LogP contribution in [0, 0.1) is 0 Å². The van der Waals surface area contributed by atoms with Gasteiger partial charge in [-0.1, -0.05) is 31.9 Å². The first-order chi connectivity index (χ1) is 8.40. The third-order valence-corrected chi connectivity index (χ3v) is 3.16. The third-order valence-electron chi connectivity index (χ3n) is 2.25. The van der Waals surface area contributed by atoms with Crippen molar-refractivity contribution in [3.63, 3.8) is 0 Å². The summed E-state index contributed by atoms with van der Waals surface area (Å²) in [5.74, 6) is -0.200. The molecule has 0 atom stereocenters. The fourth-order valence-electron chi connectivity index (χ4n) is 1.29. The van der Waals surface area contributed by atoms with Crippen LogP contribution < -0.4 is 5.32 Å². The number of benzene rings is 1. The highest BCUT2D eigenvalue weighted by atomic mass is 79.9. The minimum atomic E-state index is -0.191. The first kappa shape index (κ1) is 15.2. The Hall–Kier alpha value is -0.880. The zero-order chi connectivity index (χ0) is 13.7. The van der Waals surface area contributed by atoms with E-state index in [0.29, 0.717) is 18.5 Å². The summed E-state index contributed by atoms with van der Waals surface area (Å²) in [4.78, 5) is 24.7. The minimum absolute atomic E-state index is 0.00859. The van der Waals surface area contributed by atoms with Crippen molar-refractivity contribution in [1.29, 1.82) is 0 Å². The van der Waals surface area contributed by atoms with Crippen molar-refractivity contribution in [3.05, 3.63) is 32.7 Å². The van der Waals surface area contributed by atoms with Gasteiger partial charge in [-0.2, -0.15) is 0 Å². The molecule has 0 aliphatic rings. The van der Waals surface area contributed by atoms with Gasteiger partial charge in [0, 0.05) is 41.6 Å². The average molecular weight is 378 g/mol. The van der Waals surface area contributed by atoms with Crippen molar-refractivity contribution >= 4 is 43.7 Å². The molecule has 0 spiro atoms. The molecule has 2 amide bonds. The third kappa shape index (κ3) is 4.78. The van der Waals surface area contributed by atoms with Crippen molar-refractivity contribution in [1.82, 2.24) is 10.2 Å². The van der Waals surface area contributed by atoms with Crippen molar-refractivity contribution in [2.45, 2.75) is 6.42 Å². The molecule has 6 heteroatoms. The molecule has 0 unspecified atom stereocenters. The quantitative estimate of drug-likeness (QED) is 0.875. The number of amides is 2. The van der Waals surface area contributed by atoms with Crippen molar-refractivity contribution in [2.24, 2.45) is 0 Å². The molecule has 4 nitrogen and oxygen atoms in total. The van der Waals surface area contributed by atoms with Gasteiger partial charge in [-0.25, -0.2) is 0 Å². The SMILES string of the molecule is CN(C)C(=O)CCNC(=O)c1cc(Br)cc(Br)c1. The summed E-state index contributed by atoms with van der Waals surface area (Å²) < 4.78 is 1.65. The second-order valence-corrected chi connectivity index (χ2v) is 5.78. The maximum Gasteiger partial charge on any atom is 0.251 e. The van der Waals surface area contributed by atoms with Crippen LogP contribution in [-0.4, -0.2) is 37.4 Å². The number of carbonyl (C=O) groups excluding carboxylic acids is 2. The largest absolute Gasteiger partial charge is 0.352 e. The Morgan fingerprint density at radius 2 is 1.72 bits per heavy atom. The van der Waals surface area contributed by atoms with Gasteiger partial charge in [-0.05, 0) is 18.2 Å². The zero-order valence-corrected chi connectivity index (χ0v) is 13.3. The van der Waals surface area contributed by atoms with Gasteiger partial charge in [0.1, 0.15) is 0 Å². The van der Waals surface area contributed by atoms with Gasteiger partial charge in [0.05, 0.1) is 0 Å². The lowest BCUT2D eigenvalue weighted by molar-refractivity contribution is -0.128. The predicted octanol–water partition coefficient (Wildman–Crippen LogP) is 2.42. The molecular formula is C12H14Br2N2O2. The second kappa shape index (κ2) is 6.89. The van der Waals surface area contributed by atoms with E-state index in [1.165, 1.54) is 4.90 Å². The zero-order valence-electron chi connectivity index (χ0n) is 10.2. The van der Waals surface area contributed by atoms with Crippen molar-refractivity contribution in [2.75, 3.05) is 20.6 Å². The molecule has 0 fully saturated rings. The van der Waals surface area contributed by atoms with Gasteiger partial charge < -0.3 is 10.2 Å². The predicted molar refractivity (Wildman–Crippen MR) is 77.5 cm³/mol. The van der Waals surface area contributed by atoms with Crippen LogP contribution in [0.25, 0.3) is 0 Å². The van der Waals surface area contributed by atoms with Crippen LogP contribution in [0.2, 0.25) is 0 Å². The Morgan fingerprint density at radius 3 is 2.22 bits per heavy atom. The maximum absolute atomic E-state index is 11.8. The van der Waals surface area contributed by atoms with Gasteiger partial charge in [0.25, 0.3) is 5.91 Å². The monoisotopic (exact) mass is 376 g/mol. The molecule has 1 aromatic carbocycles. The Kier molecular flexibility index (Phi) is 5.81. The normalized spacial score (nSPS) is 10.0. The summed E-state index contributed by atoms with van der Waals surface area (Å²) in [5.41, 5.74) is 0.550. The Bertz CT molecular complexity index is 441. The van der Waals surface area contributed by atoms with E-state index in [4.69, 9.17) is 0 Å². The first-order valence-electron chi connectivity index (χ1n) is 5.34. The van der Waals surface area contributed by atoms with Crippen molar-refractivity contribution in [3.8, 4) is 0 Å². The van der Waals surface area contributed by atoms with Gasteiger partial charge in [0.2, 0.25) is 5.91 Å². The summed E-state index contributed by atoms with van der Waals surface area (Å²) >= 11 is 6.64. The fourth-order valence-corrected chi connectivity index (χ4v) is 2.59.